The molecule has 144 valence electrons. The van der Waals surface area contributed by atoms with E-state index in [4.69, 9.17) is 14.8 Å². The predicted octanol–water partition coefficient (Wildman–Crippen LogP) is 1.80. The lowest BCUT2D eigenvalue weighted by Gasteiger charge is -2.19. The average molecular weight is 378 g/mol. The second kappa shape index (κ2) is 9.18. The fraction of sp³-hybridized carbons (Fsp3) is 0.467. The summed E-state index contributed by atoms with van der Waals surface area (Å²) in [4.78, 5) is 28.7. The van der Waals surface area contributed by atoms with Gasteiger partial charge in [-0.25, -0.2) is 4.79 Å². The number of ether oxygens (including phenoxy) is 1. The molecule has 12 nitrogen and oxygen atoms in total. The molecule has 1 heterocycles. The zero-order valence-corrected chi connectivity index (χ0v) is 14.6. The van der Waals surface area contributed by atoms with Crippen molar-refractivity contribution in [3.8, 4) is 11.8 Å². The van der Waals surface area contributed by atoms with E-state index < -0.39 is 16.7 Å². The molecule has 12 heteroatoms. The summed E-state index contributed by atoms with van der Waals surface area (Å²) in [5, 5.41) is 36.6. The Bertz CT molecular complexity index is 777. The third kappa shape index (κ3) is 5.18. The number of amides is 1. The molecular formula is C15H18N6O6. The zero-order valence-electron chi connectivity index (χ0n) is 14.6. The maximum atomic E-state index is 12.1. The molecule has 1 aromatic carbocycles. The van der Waals surface area contributed by atoms with Gasteiger partial charge in [-0.2, -0.15) is 5.26 Å². The maximum absolute atomic E-state index is 12.1. The highest BCUT2D eigenvalue weighted by Crippen LogP contribution is 2.28. The monoisotopic (exact) mass is 378 g/mol. The molecule has 27 heavy (non-hydrogen) atoms. The van der Waals surface area contributed by atoms with Crippen LogP contribution in [0, 0.1) is 26.7 Å². The average Bonchev–Trinajstić information content (AvgIpc) is 2.92. The third-order valence-electron chi connectivity index (χ3n) is 3.73. The topological polar surface area (TPSA) is 147 Å². The van der Waals surface area contributed by atoms with Crippen LogP contribution in [0.3, 0.4) is 0 Å². The van der Waals surface area contributed by atoms with Gasteiger partial charge in [-0.05, 0) is 25.5 Å². The molecule has 0 aliphatic carbocycles. The molecule has 2 rings (SSSR count). The van der Waals surface area contributed by atoms with Crippen LogP contribution in [0.5, 0.6) is 5.75 Å². The number of carbonyl (C=O) groups is 1. The molecule has 1 aliphatic heterocycles. The second-order valence-corrected chi connectivity index (χ2v) is 5.47. The fourth-order valence-electron chi connectivity index (χ4n) is 2.41. The van der Waals surface area contributed by atoms with Crippen molar-refractivity contribution in [2.75, 3.05) is 32.8 Å². The van der Waals surface area contributed by atoms with Gasteiger partial charge in [0.25, 0.3) is 0 Å². The number of nitriles is 1. The van der Waals surface area contributed by atoms with Crippen LogP contribution in [0.4, 0.5) is 10.5 Å². The molecule has 0 N–H and O–H groups in total. The summed E-state index contributed by atoms with van der Waals surface area (Å²) in [6.07, 6.45) is 0.0718. The van der Waals surface area contributed by atoms with E-state index in [1.165, 1.54) is 22.0 Å². The quantitative estimate of drug-likeness (QED) is 0.326. The van der Waals surface area contributed by atoms with Gasteiger partial charge in [0.2, 0.25) is 11.0 Å². The first-order chi connectivity index (χ1) is 13.0. The van der Waals surface area contributed by atoms with Crippen molar-refractivity contribution in [1.82, 2.24) is 9.91 Å². The van der Waals surface area contributed by atoms with E-state index in [1.54, 1.807) is 13.0 Å². The van der Waals surface area contributed by atoms with Crippen molar-refractivity contribution >= 4 is 11.8 Å². The Labute approximate surface area is 154 Å². The number of rotatable bonds is 5. The van der Waals surface area contributed by atoms with E-state index in [0.29, 0.717) is 19.5 Å². The lowest BCUT2D eigenvalue weighted by molar-refractivity contribution is -0.706. The molecule has 1 amide bonds. The largest absolute Gasteiger partial charge is 0.569 e. The Kier molecular flexibility index (Phi) is 6.70. The molecule has 0 bridgehead atoms. The van der Waals surface area contributed by atoms with Gasteiger partial charge in [0, 0.05) is 19.2 Å². The number of hydrogen-bond acceptors (Lipinski definition) is 8. The molecule has 0 spiro atoms. The van der Waals surface area contributed by atoms with E-state index >= 15 is 0 Å². The highest BCUT2D eigenvalue weighted by molar-refractivity contribution is 5.67. The second-order valence-electron chi connectivity index (χ2n) is 5.47. The smallest absolute Gasteiger partial charge is 0.409 e. The van der Waals surface area contributed by atoms with Gasteiger partial charge in [-0.1, -0.05) is 0 Å². The van der Waals surface area contributed by atoms with Gasteiger partial charge in [0.05, 0.1) is 41.2 Å². The summed E-state index contributed by atoms with van der Waals surface area (Å²) < 4.78 is 4.93. The van der Waals surface area contributed by atoms with Crippen LogP contribution in [0.25, 0.3) is 0 Å². The van der Waals surface area contributed by atoms with Crippen LogP contribution in [0.15, 0.2) is 23.5 Å². The van der Waals surface area contributed by atoms with Crippen molar-refractivity contribution in [2.45, 2.75) is 13.3 Å². The van der Waals surface area contributed by atoms with E-state index in [1.807, 2.05) is 0 Å². The van der Waals surface area contributed by atoms with Crippen LogP contribution >= 0.6 is 0 Å². The summed E-state index contributed by atoms with van der Waals surface area (Å²) >= 11 is 0. The van der Waals surface area contributed by atoms with Gasteiger partial charge < -0.3 is 14.8 Å². The molecule has 0 saturated carbocycles. The van der Waals surface area contributed by atoms with Crippen LogP contribution in [-0.2, 0) is 4.74 Å². The zero-order chi connectivity index (χ0) is 19.8. The van der Waals surface area contributed by atoms with Crippen molar-refractivity contribution in [1.29, 1.82) is 5.26 Å². The SMILES string of the molecule is CCOC(=O)N1CCCN(/[N+]([O-])=N/Oc2ccc(C#N)cc2[N+](=O)[O-])CC1. The standard InChI is InChI=1S/C15H18N6O6/c1-2-26-15(22)18-6-3-7-19(9-8-18)21(25)17-27-14-5-4-12(11-16)10-13(14)20(23)24/h4-5,10H,2-3,6-9H2,1H3/b21-17-. The minimum Gasteiger partial charge on any atom is -0.569 e. The first-order valence-corrected chi connectivity index (χ1v) is 8.16. The minimum atomic E-state index is -0.732. The molecule has 1 fully saturated rings. The number of hydrogen-bond donors (Lipinski definition) is 0. The van der Waals surface area contributed by atoms with Crippen molar-refractivity contribution < 1.29 is 24.3 Å². The first-order valence-electron chi connectivity index (χ1n) is 8.16. The highest BCUT2D eigenvalue weighted by atomic mass is 16.7. The Hall–Kier alpha value is -3.62. The molecular weight excluding hydrogens is 360 g/mol. The number of hydrazine groups is 1. The molecule has 0 atom stereocenters. The van der Waals surface area contributed by atoms with Crippen molar-refractivity contribution in [3.05, 3.63) is 39.1 Å². The number of nitro groups is 1. The first kappa shape index (κ1) is 19.7. The molecule has 0 aromatic heterocycles. The third-order valence-corrected chi connectivity index (χ3v) is 3.73. The van der Waals surface area contributed by atoms with E-state index in [9.17, 15) is 20.1 Å². The van der Waals surface area contributed by atoms with Crippen molar-refractivity contribution in [2.24, 2.45) is 5.28 Å². The van der Waals surface area contributed by atoms with Crippen molar-refractivity contribution in [3.63, 3.8) is 0 Å². The van der Waals surface area contributed by atoms with Gasteiger partial charge in [-0.3, -0.25) is 15.0 Å². The molecule has 1 aromatic rings. The molecule has 0 radical (unpaired) electrons. The van der Waals surface area contributed by atoms with E-state index in [-0.39, 0.29) is 36.0 Å². The summed E-state index contributed by atoms with van der Waals surface area (Å²) in [5.74, 6) is -0.261. The Balaban J connectivity index is 2.05. The minimum absolute atomic E-state index is 0.0830. The predicted molar refractivity (Wildman–Crippen MR) is 89.3 cm³/mol. The normalized spacial score (nSPS) is 14.9. The molecule has 1 saturated heterocycles. The van der Waals surface area contributed by atoms with Gasteiger partial charge >= 0.3 is 11.8 Å². The van der Waals surface area contributed by atoms with Crippen LogP contribution in [0.2, 0.25) is 0 Å². The number of nitrogens with zero attached hydrogens (tertiary/aromatic N) is 6. The Morgan fingerprint density at radius 3 is 2.78 bits per heavy atom. The number of carbonyl (C=O) groups excluding carboxylic acids is 1. The summed E-state index contributed by atoms with van der Waals surface area (Å²) in [5.41, 5.74) is -0.393. The number of benzene rings is 1. The lowest BCUT2D eigenvalue weighted by Crippen LogP contribution is -2.37. The molecule has 0 unspecified atom stereocenters. The lowest BCUT2D eigenvalue weighted by atomic mass is 10.2. The maximum Gasteiger partial charge on any atom is 0.409 e. The molecule has 1 aliphatic rings. The van der Waals surface area contributed by atoms with Crippen LogP contribution < -0.4 is 4.84 Å². The van der Waals surface area contributed by atoms with Gasteiger partial charge in [-0.15, -0.1) is 5.01 Å². The van der Waals surface area contributed by atoms with Crippen LogP contribution in [0.1, 0.15) is 18.9 Å². The number of nitro benzene ring substituents is 1. The van der Waals surface area contributed by atoms with Gasteiger partial charge in [0.15, 0.2) is 0 Å². The van der Waals surface area contributed by atoms with Crippen LogP contribution in [-0.4, -0.2) is 58.7 Å². The Morgan fingerprint density at radius 2 is 2.11 bits per heavy atom. The summed E-state index contributed by atoms with van der Waals surface area (Å²) in [6.45, 7) is 3.20. The van der Waals surface area contributed by atoms with Gasteiger partial charge in [0.1, 0.15) is 0 Å². The summed E-state index contributed by atoms with van der Waals surface area (Å²) in [7, 11) is 0. The summed E-state index contributed by atoms with van der Waals surface area (Å²) in [6, 6.07) is 5.32. The highest BCUT2D eigenvalue weighted by Gasteiger charge is 2.24. The van der Waals surface area contributed by atoms with E-state index in [2.05, 4.69) is 5.28 Å². The fourth-order valence-corrected chi connectivity index (χ4v) is 2.41. The van der Waals surface area contributed by atoms with E-state index in [0.717, 1.165) is 6.07 Å². The Morgan fingerprint density at radius 1 is 1.33 bits per heavy atom.